The Morgan fingerprint density at radius 2 is 1.96 bits per heavy atom. The van der Waals surface area contributed by atoms with Crippen molar-refractivity contribution in [3.63, 3.8) is 0 Å². The first-order valence-electron chi connectivity index (χ1n) is 8.69. The molecule has 1 N–H and O–H groups in total. The number of pyridine rings is 1. The van der Waals surface area contributed by atoms with Gasteiger partial charge in [0.2, 0.25) is 5.91 Å². The Balaban J connectivity index is 1.75. The molecule has 2 unspecified atom stereocenters. The summed E-state index contributed by atoms with van der Waals surface area (Å²) in [6, 6.07) is 10.8. The van der Waals surface area contributed by atoms with Crippen molar-refractivity contribution >= 4 is 17.5 Å². The number of aromatic nitrogens is 1. The van der Waals surface area contributed by atoms with Crippen molar-refractivity contribution in [2.45, 2.75) is 18.4 Å². The van der Waals surface area contributed by atoms with Crippen molar-refractivity contribution in [3.8, 4) is 0 Å². The van der Waals surface area contributed by atoms with Crippen LogP contribution in [0.4, 0.5) is 5.69 Å². The summed E-state index contributed by atoms with van der Waals surface area (Å²) in [6.45, 7) is 0.994. The summed E-state index contributed by atoms with van der Waals surface area (Å²) in [5.74, 6) is -1.56. The van der Waals surface area contributed by atoms with Crippen LogP contribution in [0.15, 0.2) is 48.7 Å². The zero-order valence-corrected chi connectivity index (χ0v) is 14.2. The fourth-order valence-electron chi connectivity index (χ4n) is 4.50. The molecule has 0 radical (unpaired) electrons. The minimum Gasteiger partial charge on any atom is -0.274 e. The van der Waals surface area contributed by atoms with Gasteiger partial charge in [0.25, 0.3) is 11.4 Å². The number of carbonyl (C=O) groups excluding carboxylic acids is 2. The third-order valence-corrected chi connectivity index (χ3v) is 5.52. The van der Waals surface area contributed by atoms with Crippen molar-refractivity contribution < 1.29 is 19.1 Å². The molecule has 1 spiro atoms. The Bertz CT molecular complexity index is 1010. The fraction of sp³-hybridized carbons (Fsp3) is 0.278. The molecule has 2 aromatic rings. The highest BCUT2D eigenvalue weighted by Gasteiger charge is 2.70. The lowest BCUT2D eigenvalue weighted by atomic mass is 9.96. The minimum atomic E-state index is -1.16. The highest BCUT2D eigenvalue weighted by atomic mass is 16.6. The quantitative estimate of drug-likeness (QED) is 0.474. The zero-order chi connectivity index (χ0) is 18.8. The number of nitrogens with one attached hydrogen (secondary N) is 1. The van der Waals surface area contributed by atoms with Gasteiger partial charge in [-0.25, -0.2) is 15.1 Å². The van der Waals surface area contributed by atoms with E-state index in [4.69, 9.17) is 0 Å². The number of hydrogen-bond donors (Lipinski definition) is 1. The standard InChI is InChI=1S/C18H16N5O4/c24-16-11-15(12-5-1-2-6-13(12)23(26)27)22-17(25)14-7-3-4-9-20(14)18(22)19-8-10-21(16)18/h1-7,9,15,19H,8,10-11H2/q+1. The maximum absolute atomic E-state index is 13.3. The summed E-state index contributed by atoms with van der Waals surface area (Å²) in [4.78, 5) is 40.6. The van der Waals surface area contributed by atoms with Gasteiger partial charge in [0.15, 0.2) is 6.20 Å². The maximum atomic E-state index is 13.3. The van der Waals surface area contributed by atoms with Gasteiger partial charge in [-0.15, -0.1) is 4.57 Å². The SMILES string of the molecule is O=C1CC(c2ccccc2[N+](=O)[O-])N2C(=O)c3cccc[n+]3C23NCCN13. The number of nitro groups is 1. The molecule has 1 aromatic heterocycles. The molecule has 3 aliphatic heterocycles. The monoisotopic (exact) mass is 366 g/mol. The van der Waals surface area contributed by atoms with Crippen molar-refractivity contribution in [2.75, 3.05) is 13.1 Å². The Morgan fingerprint density at radius 3 is 2.78 bits per heavy atom. The van der Waals surface area contributed by atoms with Gasteiger partial charge < -0.3 is 0 Å². The first-order chi connectivity index (χ1) is 13.1. The molecule has 9 heteroatoms. The lowest BCUT2D eigenvalue weighted by molar-refractivity contribution is -0.800. The fourth-order valence-corrected chi connectivity index (χ4v) is 4.50. The molecular weight excluding hydrogens is 350 g/mol. The number of benzene rings is 1. The van der Waals surface area contributed by atoms with Crippen LogP contribution in [0.3, 0.4) is 0 Å². The van der Waals surface area contributed by atoms with Crippen LogP contribution in [-0.2, 0) is 10.7 Å². The van der Waals surface area contributed by atoms with E-state index in [1.165, 1.54) is 6.07 Å². The Kier molecular flexibility index (Phi) is 3.14. The topological polar surface area (TPSA) is 99.7 Å². The molecule has 136 valence electrons. The number of rotatable bonds is 2. The maximum Gasteiger partial charge on any atom is 0.397 e. The largest absolute Gasteiger partial charge is 0.397 e. The van der Waals surface area contributed by atoms with Gasteiger partial charge in [-0.2, -0.15) is 0 Å². The van der Waals surface area contributed by atoms with Gasteiger partial charge in [-0.1, -0.05) is 18.2 Å². The van der Waals surface area contributed by atoms with Crippen LogP contribution in [0.5, 0.6) is 0 Å². The van der Waals surface area contributed by atoms with Gasteiger partial charge in [0, 0.05) is 31.3 Å². The summed E-state index contributed by atoms with van der Waals surface area (Å²) in [5, 5.41) is 14.9. The van der Waals surface area contributed by atoms with Crippen LogP contribution in [0.25, 0.3) is 0 Å². The Labute approximate surface area is 154 Å². The predicted octanol–water partition coefficient (Wildman–Crippen LogP) is 0.483. The van der Waals surface area contributed by atoms with Crippen LogP contribution >= 0.6 is 0 Å². The van der Waals surface area contributed by atoms with Gasteiger partial charge in [0.05, 0.1) is 22.9 Å². The Hall–Kier alpha value is -3.33. The molecule has 2 saturated heterocycles. The van der Waals surface area contributed by atoms with E-state index >= 15 is 0 Å². The third-order valence-electron chi connectivity index (χ3n) is 5.52. The van der Waals surface area contributed by atoms with E-state index in [9.17, 15) is 19.7 Å². The van der Waals surface area contributed by atoms with Crippen molar-refractivity contribution in [2.24, 2.45) is 0 Å². The van der Waals surface area contributed by atoms with E-state index in [0.717, 1.165) is 0 Å². The van der Waals surface area contributed by atoms with E-state index in [0.29, 0.717) is 24.3 Å². The molecule has 2 atom stereocenters. The van der Waals surface area contributed by atoms with Crippen molar-refractivity contribution in [1.82, 2.24) is 15.1 Å². The smallest absolute Gasteiger partial charge is 0.274 e. The molecular formula is C18H16N5O4+. The highest BCUT2D eigenvalue weighted by molar-refractivity contribution is 5.95. The summed E-state index contributed by atoms with van der Waals surface area (Å²) in [7, 11) is 0. The van der Waals surface area contributed by atoms with Crippen LogP contribution in [-0.4, -0.2) is 39.6 Å². The van der Waals surface area contributed by atoms with Gasteiger partial charge in [0.1, 0.15) is 0 Å². The summed E-state index contributed by atoms with van der Waals surface area (Å²) in [5.41, 5.74) is 0.714. The summed E-state index contributed by atoms with van der Waals surface area (Å²) >= 11 is 0. The van der Waals surface area contributed by atoms with Crippen LogP contribution < -0.4 is 9.88 Å². The lowest BCUT2D eigenvalue weighted by Gasteiger charge is -2.43. The average Bonchev–Trinajstić information content (AvgIpc) is 3.23. The van der Waals surface area contributed by atoms with E-state index in [-0.39, 0.29) is 23.9 Å². The molecule has 1 aromatic carbocycles. The van der Waals surface area contributed by atoms with Gasteiger partial charge >= 0.3 is 11.8 Å². The number of para-hydroxylation sites is 1. The van der Waals surface area contributed by atoms with Crippen molar-refractivity contribution in [1.29, 1.82) is 0 Å². The first kappa shape index (κ1) is 15.9. The second kappa shape index (κ2) is 5.34. The third kappa shape index (κ3) is 1.89. The van der Waals surface area contributed by atoms with Crippen LogP contribution in [0, 0.1) is 10.1 Å². The summed E-state index contributed by atoms with van der Waals surface area (Å²) in [6.07, 6.45) is 1.77. The molecule has 27 heavy (non-hydrogen) atoms. The zero-order valence-electron chi connectivity index (χ0n) is 14.2. The van der Waals surface area contributed by atoms with Crippen molar-refractivity contribution in [3.05, 3.63) is 70.0 Å². The Morgan fingerprint density at radius 1 is 1.19 bits per heavy atom. The molecule has 0 saturated carbocycles. The molecule has 3 aliphatic rings. The van der Waals surface area contributed by atoms with E-state index in [1.54, 1.807) is 57.0 Å². The molecule has 9 nitrogen and oxygen atoms in total. The lowest BCUT2D eigenvalue weighted by Crippen LogP contribution is -2.76. The average molecular weight is 366 g/mol. The molecule has 2 amide bonds. The first-order valence-corrected chi connectivity index (χ1v) is 8.69. The number of hydrogen-bond acceptors (Lipinski definition) is 5. The summed E-state index contributed by atoms with van der Waals surface area (Å²) < 4.78 is 1.75. The molecule has 4 heterocycles. The number of amides is 2. The molecule has 2 fully saturated rings. The molecule has 0 aliphatic carbocycles. The second-order valence-corrected chi connectivity index (χ2v) is 6.77. The van der Waals surface area contributed by atoms with E-state index < -0.39 is 16.9 Å². The van der Waals surface area contributed by atoms with E-state index in [1.807, 2.05) is 0 Å². The van der Waals surface area contributed by atoms with E-state index in [2.05, 4.69) is 5.32 Å². The van der Waals surface area contributed by atoms with Crippen LogP contribution in [0.1, 0.15) is 28.5 Å². The second-order valence-electron chi connectivity index (χ2n) is 6.77. The van der Waals surface area contributed by atoms with Crippen LogP contribution in [0.2, 0.25) is 0 Å². The number of fused-ring (bicyclic) bond motifs is 1. The normalized spacial score (nSPS) is 26.0. The molecule has 5 rings (SSSR count). The number of carbonyl (C=O) groups is 2. The van der Waals surface area contributed by atoms with Gasteiger partial charge in [-0.3, -0.25) is 19.7 Å². The highest BCUT2D eigenvalue weighted by Crippen LogP contribution is 2.45. The molecule has 0 bridgehead atoms. The number of nitro benzene ring substituents is 1. The number of nitrogens with zero attached hydrogens (tertiary/aromatic N) is 4. The minimum absolute atomic E-state index is 0.00850. The van der Waals surface area contributed by atoms with Gasteiger partial charge in [-0.05, 0) is 6.07 Å². The predicted molar refractivity (Wildman–Crippen MR) is 91.0 cm³/mol.